The number of nitrogens with zero attached hydrogens (tertiary/aromatic N) is 2. The average molecular weight is 472 g/mol. The maximum Gasteiger partial charge on any atom is 0.274 e. The van der Waals surface area contributed by atoms with E-state index < -0.39 is 16.1 Å². The van der Waals surface area contributed by atoms with E-state index >= 15 is 0 Å². The van der Waals surface area contributed by atoms with Crippen molar-refractivity contribution in [3.8, 4) is 0 Å². The number of anilines is 1. The van der Waals surface area contributed by atoms with Crippen molar-refractivity contribution in [3.63, 3.8) is 0 Å². The van der Waals surface area contributed by atoms with Crippen LogP contribution in [0.1, 0.15) is 34.1 Å². The topological polar surface area (TPSA) is 92.0 Å². The third-order valence-electron chi connectivity index (χ3n) is 5.55. The molecule has 0 aliphatic carbocycles. The summed E-state index contributed by atoms with van der Waals surface area (Å²) in [6.07, 6.45) is 1.93. The summed E-state index contributed by atoms with van der Waals surface area (Å²) in [5, 5.41) is 6.05. The summed E-state index contributed by atoms with van der Waals surface area (Å²) in [5.41, 5.74) is 2.07. The minimum absolute atomic E-state index is 0.160. The molecule has 1 unspecified atom stereocenters. The lowest BCUT2D eigenvalue weighted by Crippen LogP contribution is -2.26. The van der Waals surface area contributed by atoms with E-state index in [9.17, 15) is 13.2 Å². The number of amides is 1. The van der Waals surface area contributed by atoms with E-state index in [1.165, 1.54) is 17.1 Å². The van der Waals surface area contributed by atoms with Gasteiger partial charge in [0.05, 0.1) is 22.6 Å². The van der Waals surface area contributed by atoms with E-state index in [0.717, 1.165) is 0 Å². The zero-order valence-electron chi connectivity index (χ0n) is 18.0. The van der Waals surface area contributed by atoms with E-state index in [-0.39, 0.29) is 10.8 Å². The molecular weight excluding hydrogens is 450 g/mol. The number of sulfonamides is 1. The highest BCUT2D eigenvalue weighted by Crippen LogP contribution is 2.36. The molecule has 1 aliphatic rings. The molecule has 0 bridgehead atoms. The standard InChI is InChI=1S/C26H21N3O4S/c30-26(19-10-3-1-4-11-19)29-24(25-16-9-17-33-25)18-23(27-29)21-14-7-8-15-22(21)28-34(31,32)20-12-5-2-6-13-20/h1-17,24,28H,18H2. The van der Waals surface area contributed by atoms with Gasteiger partial charge in [0, 0.05) is 17.5 Å². The van der Waals surface area contributed by atoms with Gasteiger partial charge in [-0.2, -0.15) is 5.10 Å². The van der Waals surface area contributed by atoms with Crippen molar-refractivity contribution in [1.29, 1.82) is 0 Å². The number of para-hydroxylation sites is 1. The summed E-state index contributed by atoms with van der Waals surface area (Å²) < 4.78 is 34.2. The minimum Gasteiger partial charge on any atom is -0.467 e. The van der Waals surface area contributed by atoms with Crippen LogP contribution in [-0.2, 0) is 10.0 Å². The molecule has 5 rings (SSSR count). The van der Waals surface area contributed by atoms with Gasteiger partial charge in [0.25, 0.3) is 15.9 Å². The third kappa shape index (κ3) is 4.23. The fourth-order valence-electron chi connectivity index (χ4n) is 3.90. The first-order valence-corrected chi connectivity index (χ1v) is 12.2. The zero-order chi connectivity index (χ0) is 23.5. The van der Waals surface area contributed by atoms with Crippen molar-refractivity contribution in [2.24, 2.45) is 5.10 Å². The summed E-state index contributed by atoms with van der Waals surface area (Å²) in [4.78, 5) is 13.5. The fraction of sp³-hybridized carbons (Fsp3) is 0.0769. The van der Waals surface area contributed by atoms with Gasteiger partial charge in [-0.3, -0.25) is 9.52 Å². The summed E-state index contributed by atoms with van der Waals surface area (Å²) in [6.45, 7) is 0. The number of carbonyl (C=O) groups is 1. The summed E-state index contributed by atoms with van der Waals surface area (Å²) in [6, 6.07) is 27.2. The van der Waals surface area contributed by atoms with Crippen LogP contribution >= 0.6 is 0 Å². The Labute approximate surface area is 197 Å². The smallest absolute Gasteiger partial charge is 0.274 e. The van der Waals surface area contributed by atoms with Gasteiger partial charge in [-0.05, 0) is 42.5 Å². The lowest BCUT2D eigenvalue weighted by Gasteiger charge is -2.19. The van der Waals surface area contributed by atoms with Crippen LogP contribution in [0.5, 0.6) is 0 Å². The Hall–Kier alpha value is -4.17. The number of hydrazone groups is 1. The van der Waals surface area contributed by atoms with E-state index in [1.807, 2.05) is 12.1 Å². The van der Waals surface area contributed by atoms with Crippen molar-refractivity contribution in [1.82, 2.24) is 5.01 Å². The quantitative estimate of drug-likeness (QED) is 0.425. The van der Waals surface area contributed by atoms with Gasteiger partial charge in [0.15, 0.2) is 0 Å². The van der Waals surface area contributed by atoms with Gasteiger partial charge >= 0.3 is 0 Å². The first-order valence-electron chi connectivity index (χ1n) is 10.7. The molecule has 1 amide bonds. The lowest BCUT2D eigenvalue weighted by molar-refractivity contribution is 0.0693. The average Bonchev–Trinajstić information content (AvgIpc) is 3.55. The molecule has 3 aromatic carbocycles. The molecule has 1 N–H and O–H groups in total. The third-order valence-corrected chi connectivity index (χ3v) is 6.93. The summed E-state index contributed by atoms with van der Waals surface area (Å²) in [7, 11) is -3.80. The zero-order valence-corrected chi connectivity index (χ0v) is 18.9. The molecule has 0 radical (unpaired) electrons. The van der Waals surface area contributed by atoms with Crippen molar-refractivity contribution in [2.45, 2.75) is 17.4 Å². The Kier molecular flexibility index (Phi) is 5.73. The first-order chi connectivity index (χ1) is 16.5. The number of rotatable bonds is 6. The first kappa shape index (κ1) is 21.7. The highest BCUT2D eigenvalue weighted by molar-refractivity contribution is 7.92. The Morgan fingerprint density at radius 1 is 0.882 bits per heavy atom. The Balaban J connectivity index is 1.52. The van der Waals surface area contributed by atoms with E-state index in [4.69, 9.17) is 4.42 Å². The number of nitrogens with one attached hydrogen (secondary N) is 1. The van der Waals surface area contributed by atoms with Crippen molar-refractivity contribution in [3.05, 3.63) is 120 Å². The second-order valence-electron chi connectivity index (χ2n) is 7.76. The van der Waals surface area contributed by atoms with Crippen LogP contribution in [0.15, 0.2) is 118 Å². The number of furan rings is 1. The molecule has 0 spiro atoms. The molecule has 1 aliphatic heterocycles. The Bertz CT molecular complexity index is 1430. The monoisotopic (exact) mass is 471 g/mol. The van der Waals surface area contributed by atoms with Crippen LogP contribution in [0, 0.1) is 0 Å². The second-order valence-corrected chi connectivity index (χ2v) is 9.44. The highest BCUT2D eigenvalue weighted by atomic mass is 32.2. The van der Waals surface area contributed by atoms with Gasteiger partial charge < -0.3 is 4.42 Å². The lowest BCUT2D eigenvalue weighted by atomic mass is 10.0. The van der Waals surface area contributed by atoms with E-state index in [2.05, 4.69) is 9.82 Å². The largest absolute Gasteiger partial charge is 0.467 e. The molecule has 0 saturated carbocycles. The Morgan fingerprint density at radius 2 is 1.56 bits per heavy atom. The maximum absolute atomic E-state index is 13.3. The van der Waals surface area contributed by atoms with Gasteiger partial charge in [-0.15, -0.1) is 0 Å². The maximum atomic E-state index is 13.3. The summed E-state index contributed by atoms with van der Waals surface area (Å²) >= 11 is 0. The Morgan fingerprint density at radius 3 is 2.26 bits per heavy atom. The second kappa shape index (κ2) is 8.99. The SMILES string of the molecule is O=C(c1ccccc1)N1N=C(c2ccccc2NS(=O)(=O)c2ccccc2)CC1c1ccco1. The van der Waals surface area contributed by atoms with Crippen LogP contribution in [0.4, 0.5) is 5.69 Å². The van der Waals surface area contributed by atoms with Crippen LogP contribution in [0.2, 0.25) is 0 Å². The molecule has 1 aromatic heterocycles. The molecule has 0 saturated heterocycles. The molecule has 4 aromatic rings. The van der Waals surface area contributed by atoms with Crippen molar-refractivity contribution >= 4 is 27.3 Å². The fourth-order valence-corrected chi connectivity index (χ4v) is 5.00. The van der Waals surface area contributed by atoms with Gasteiger partial charge in [0.2, 0.25) is 0 Å². The van der Waals surface area contributed by atoms with Gasteiger partial charge in [-0.25, -0.2) is 13.4 Å². The van der Waals surface area contributed by atoms with Crippen LogP contribution in [0.25, 0.3) is 0 Å². The minimum atomic E-state index is -3.80. The number of hydrogen-bond donors (Lipinski definition) is 1. The highest BCUT2D eigenvalue weighted by Gasteiger charge is 2.36. The van der Waals surface area contributed by atoms with Crippen molar-refractivity contribution in [2.75, 3.05) is 4.72 Å². The molecular formula is C26H21N3O4S. The molecule has 0 fully saturated rings. The van der Waals surface area contributed by atoms with Crippen molar-refractivity contribution < 1.29 is 17.6 Å². The van der Waals surface area contributed by atoms with Gasteiger partial charge in [-0.1, -0.05) is 54.6 Å². The number of hydrogen-bond acceptors (Lipinski definition) is 5. The van der Waals surface area contributed by atoms with Crippen LogP contribution in [-0.4, -0.2) is 25.0 Å². The predicted molar refractivity (Wildman–Crippen MR) is 129 cm³/mol. The molecule has 34 heavy (non-hydrogen) atoms. The molecule has 170 valence electrons. The van der Waals surface area contributed by atoms with Crippen LogP contribution in [0.3, 0.4) is 0 Å². The van der Waals surface area contributed by atoms with Gasteiger partial charge in [0.1, 0.15) is 11.8 Å². The molecule has 2 heterocycles. The predicted octanol–water partition coefficient (Wildman–Crippen LogP) is 5.07. The normalized spacial score (nSPS) is 15.7. The summed E-state index contributed by atoms with van der Waals surface area (Å²) in [5.74, 6) is 0.338. The number of benzene rings is 3. The van der Waals surface area contributed by atoms with E-state index in [1.54, 1.807) is 79.1 Å². The molecule has 1 atom stereocenters. The number of carbonyl (C=O) groups excluding carboxylic acids is 1. The molecule has 7 nitrogen and oxygen atoms in total. The van der Waals surface area contributed by atoms with E-state index in [0.29, 0.717) is 34.7 Å². The van der Waals surface area contributed by atoms with Crippen LogP contribution < -0.4 is 4.72 Å². The molecule has 8 heteroatoms.